The second-order valence-corrected chi connectivity index (χ2v) is 3.98. The van der Waals surface area contributed by atoms with Gasteiger partial charge in [0.15, 0.2) is 0 Å². The molecule has 0 atom stereocenters. The Hall–Kier alpha value is -1.63. The van der Waals surface area contributed by atoms with Crippen molar-refractivity contribution in [1.29, 1.82) is 0 Å². The number of benzene rings is 1. The molecular formula is C15H17N. The van der Waals surface area contributed by atoms with Crippen LogP contribution in [0.15, 0.2) is 42.6 Å². The minimum atomic E-state index is -2.25. The van der Waals surface area contributed by atoms with E-state index in [0.717, 1.165) is 5.56 Å². The van der Waals surface area contributed by atoms with E-state index in [0.29, 0.717) is 11.3 Å². The SMILES string of the molecule is [2H]C([2H])([2H])c1cnc(-c2ccccc2)cc1C([2H])(C)C. The summed E-state index contributed by atoms with van der Waals surface area (Å²) in [4.78, 5) is 4.25. The zero-order valence-corrected chi connectivity index (χ0v) is 9.49. The second kappa shape index (κ2) is 4.48. The molecule has 0 bridgehead atoms. The maximum absolute atomic E-state index is 8.18. The quantitative estimate of drug-likeness (QED) is 0.732. The van der Waals surface area contributed by atoms with Crippen molar-refractivity contribution in [2.45, 2.75) is 26.6 Å². The lowest BCUT2D eigenvalue weighted by Gasteiger charge is -2.11. The van der Waals surface area contributed by atoms with Crippen LogP contribution in [0, 0.1) is 6.85 Å². The molecule has 0 fully saturated rings. The van der Waals surface area contributed by atoms with Crippen LogP contribution in [0.3, 0.4) is 0 Å². The Morgan fingerprint density at radius 1 is 1.25 bits per heavy atom. The summed E-state index contributed by atoms with van der Waals surface area (Å²) in [6.07, 6.45) is 1.38. The van der Waals surface area contributed by atoms with Gasteiger partial charge in [0.25, 0.3) is 0 Å². The zero-order chi connectivity index (χ0) is 15.0. The smallest absolute Gasteiger partial charge is 0.0705 e. The van der Waals surface area contributed by atoms with E-state index in [9.17, 15) is 0 Å². The molecule has 0 unspecified atom stereocenters. The van der Waals surface area contributed by atoms with Gasteiger partial charge in [0, 0.05) is 17.2 Å². The monoisotopic (exact) mass is 215 g/mol. The summed E-state index contributed by atoms with van der Waals surface area (Å²) in [5.41, 5.74) is 2.24. The van der Waals surface area contributed by atoms with Crippen LogP contribution < -0.4 is 0 Å². The highest BCUT2D eigenvalue weighted by atomic mass is 14.7. The molecule has 2 aromatic rings. The van der Waals surface area contributed by atoms with E-state index in [4.69, 9.17) is 5.48 Å². The Bertz CT molecular complexity index is 598. The third-order valence-electron chi connectivity index (χ3n) is 2.51. The molecule has 0 saturated heterocycles. The van der Waals surface area contributed by atoms with Gasteiger partial charge in [0.05, 0.1) is 5.69 Å². The van der Waals surface area contributed by atoms with Crippen LogP contribution >= 0.6 is 0 Å². The molecule has 0 aliphatic rings. The first-order valence-electron chi connectivity index (χ1n) is 7.26. The first-order chi connectivity index (χ1) is 9.19. The van der Waals surface area contributed by atoms with E-state index in [2.05, 4.69) is 4.98 Å². The Balaban J connectivity index is 2.62. The third kappa shape index (κ3) is 2.13. The summed E-state index contributed by atoms with van der Waals surface area (Å²) in [6.45, 7) is 1.12. The molecule has 0 spiro atoms. The van der Waals surface area contributed by atoms with Gasteiger partial charge in [-0.25, -0.2) is 0 Å². The number of nitrogens with zero attached hydrogens (tertiary/aromatic N) is 1. The summed E-state index contributed by atoms with van der Waals surface area (Å²) < 4.78 is 30.9. The van der Waals surface area contributed by atoms with E-state index < -0.39 is 12.7 Å². The minimum Gasteiger partial charge on any atom is -0.256 e. The summed E-state index contributed by atoms with van der Waals surface area (Å²) in [5.74, 6) is -0.990. The van der Waals surface area contributed by atoms with Gasteiger partial charge >= 0.3 is 0 Å². The van der Waals surface area contributed by atoms with Crippen LogP contribution in [0.25, 0.3) is 11.3 Å². The average molecular weight is 215 g/mol. The van der Waals surface area contributed by atoms with E-state index in [1.165, 1.54) is 6.20 Å². The largest absolute Gasteiger partial charge is 0.256 e. The van der Waals surface area contributed by atoms with Crippen molar-refractivity contribution in [2.75, 3.05) is 0 Å². The first kappa shape index (κ1) is 6.85. The van der Waals surface area contributed by atoms with Gasteiger partial charge in [-0.15, -0.1) is 0 Å². The first-order valence-corrected chi connectivity index (χ1v) is 5.26. The molecule has 1 heteroatoms. The van der Waals surface area contributed by atoms with Gasteiger partial charge in [-0.05, 0) is 29.9 Å². The van der Waals surface area contributed by atoms with Gasteiger partial charge < -0.3 is 0 Å². The molecule has 16 heavy (non-hydrogen) atoms. The Morgan fingerprint density at radius 2 is 2.00 bits per heavy atom. The lowest BCUT2D eigenvalue weighted by atomic mass is 9.97. The molecule has 1 aromatic carbocycles. The van der Waals surface area contributed by atoms with Crippen LogP contribution in [0.4, 0.5) is 0 Å². The van der Waals surface area contributed by atoms with Crippen LogP contribution in [-0.4, -0.2) is 4.98 Å². The molecule has 0 saturated carbocycles. The Morgan fingerprint density at radius 3 is 2.62 bits per heavy atom. The lowest BCUT2D eigenvalue weighted by molar-refractivity contribution is 0.852. The maximum Gasteiger partial charge on any atom is 0.0705 e. The number of hydrogen-bond acceptors (Lipinski definition) is 1. The molecule has 1 heterocycles. The van der Waals surface area contributed by atoms with Gasteiger partial charge in [0.1, 0.15) is 0 Å². The Labute approximate surface area is 103 Å². The molecule has 0 radical (unpaired) electrons. The predicted octanol–water partition coefficient (Wildman–Crippen LogP) is 4.18. The molecule has 0 aliphatic carbocycles. The van der Waals surface area contributed by atoms with E-state index in [-0.39, 0.29) is 5.56 Å². The average Bonchev–Trinajstić information content (AvgIpc) is 2.37. The van der Waals surface area contributed by atoms with Crippen molar-refractivity contribution in [3.63, 3.8) is 0 Å². The van der Waals surface area contributed by atoms with Gasteiger partial charge in [-0.1, -0.05) is 44.2 Å². The van der Waals surface area contributed by atoms with Crippen LogP contribution in [0.2, 0.25) is 0 Å². The summed E-state index contributed by atoms with van der Waals surface area (Å²) >= 11 is 0. The minimum absolute atomic E-state index is 0.150. The maximum atomic E-state index is 8.18. The summed E-state index contributed by atoms with van der Waals surface area (Å²) in [5, 5.41) is 0. The number of aromatic nitrogens is 1. The second-order valence-electron chi connectivity index (χ2n) is 3.98. The third-order valence-corrected chi connectivity index (χ3v) is 2.51. The van der Waals surface area contributed by atoms with E-state index in [1.54, 1.807) is 19.9 Å². The number of aryl methyl sites for hydroxylation is 1. The Kier molecular flexibility index (Phi) is 1.92. The van der Waals surface area contributed by atoms with Crippen LogP contribution in [-0.2, 0) is 0 Å². The predicted molar refractivity (Wildman–Crippen MR) is 68.5 cm³/mol. The fourth-order valence-electron chi connectivity index (χ4n) is 1.64. The fourth-order valence-corrected chi connectivity index (χ4v) is 1.64. The van der Waals surface area contributed by atoms with Crippen molar-refractivity contribution in [1.82, 2.24) is 4.98 Å². The molecular weight excluding hydrogens is 194 g/mol. The number of hydrogen-bond donors (Lipinski definition) is 0. The fraction of sp³-hybridized carbons (Fsp3) is 0.267. The zero-order valence-electron chi connectivity index (χ0n) is 13.5. The van der Waals surface area contributed by atoms with Gasteiger partial charge in [-0.2, -0.15) is 0 Å². The standard InChI is InChI=1S/C15H17N/c1-11(2)14-9-15(16-10-12(14)3)13-7-5-4-6-8-13/h4-11H,1-3H3/i3D3,11D. The molecule has 0 amide bonds. The molecule has 1 aromatic heterocycles. The van der Waals surface area contributed by atoms with Crippen molar-refractivity contribution < 1.29 is 5.48 Å². The summed E-state index contributed by atoms with van der Waals surface area (Å²) in [6, 6.07) is 11.3. The number of pyridine rings is 1. The van der Waals surface area contributed by atoms with Crippen molar-refractivity contribution >= 4 is 0 Å². The molecule has 82 valence electrons. The molecule has 0 aliphatic heterocycles. The van der Waals surface area contributed by atoms with Gasteiger partial charge in [0.2, 0.25) is 0 Å². The van der Waals surface area contributed by atoms with E-state index in [1.807, 2.05) is 30.3 Å². The van der Waals surface area contributed by atoms with Gasteiger partial charge in [-0.3, -0.25) is 4.98 Å². The summed E-state index contributed by atoms with van der Waals surface area (Å²) in [7, 11) is 0. The number of rotatable bonds is 2. The highest BCUT2D eigenvalue weighted by Gasteiger charge is 2.06. The van der Waals surface area contributed by atoms with Crippen molar-refractivity contribution in [3.05, 3.63) is 53.7 Å². The molecule has 2 rings (SSSR count). The highest BCUT2D eigenvalue weighted by Crippen LogP contribution is 2.24. The molecule has 0 N–H and O–H groups in total. The van der Waals surface area contributed by atoms with Crippen molar-refractivity contribution in [3.8, 4) is 11.3 Å². The topological polar surface area (TPSA) is 12.9 Å². The van der Waals surface area contributed by atoms with E-state index >= 15 is 0 Å². The normalized spacial score (nSPS) is 15.9. The lowest BCUT2D eigenvalue weighted by Crippen LogP contribution is -1.95. The van der Waals surface area contributed by atoms with Crippen molar-refractivity contribution in [2.24, 2.45) is 0 Å². The molecule has 1 nitrogen and oxygen atoms in total. The van der Waals surface area contributed by atoms with Crippen LogP contribution in [0.1, 0.15) is 36.4 Å². The van der Waals surface area contributed by atoms with Crippen LogP contribution in [0.5, 0.6) is 0 Å². The highest BCUT2D eigenvalue weighted by molar-refractivity contribution is 5.60.